The van der Waals surface area contributed by atoms with E-state index in [0.29, 0.717) is 0 Å². The van der Waals surface area contributed by atoms with Gasteiger partial charge in [0, 0.05) is 12.5 Å². The van der Waals surface area contributed by atoms with Gasteiger partial charge in [-0.15, -0.1) is 0 Å². The van der Waals surface area contributed by atoms with Crippen molar-refractivity contribution >= 4 is 18.5 Å². The molecule has 0 radical (unpaired) electrons. The highest BCUT2D eigenvalue weighted by atomic mass is 31.2. The number of ether oxygens (including phenoxy) is 1. The fourth-order valence-electron chi connectivity index (χ4n) is 2.69. The zero-order valence-corrected chi connectivity index (χ0v) is 13.5. The molecular formula is C17H22O2P+. The van der Waals surface area contributed by atoms with E-state index in [1.807, 2.05) is 13.0 Å². The molecule has 0 aliphatic heterocycles. The van der Waals surface area contributed by atoms with E-state index in [0.717, 1.165) is 6.42 Å². The van der Waals surface area contributed by atoms with Crippen molar-refractivity contribution in [1.29, 1.82) is 0 Å². The molecule has 0 aromatic heterocycles. The van der Waals surface area contributed by atoms with Crippen molar-refractivity contribution in [2.24, 2.45) is 0 Å². The Morgan fingerprint density at radius 2 is 1.90 bits per heavy atom. The molecule has 0 spiro atoms. The average Bonchev–Trinajstić information content (AvgIpc) is 2.89. The van der Waals surface area contributed by atoms with E-state index in [1.165, 1.54) is 23.1 Å². The molecule has 0 fully saturated rings. The molecule has 1 atom stereocenters. The van der Waals surface area contributed by atoms with Crippen molar-refractivity contribution in [3.05, 3.63) is 53.4 Å². The van der Waals surface area contributed by atoms with Crippen LogP contribution in [-0.4, -0.2) is 25.4 Å². The zero-order chi connectivity index (χ0) is 14.8. The van der Waals surface area contributed by atoms with Gasteiger partial charge in [-0.05, 0) is 31.6 Å². The predicted molar refractivity (Wildman–Crippen MR) is 86.9 cm³/mol. The monoisotopic (exact) mass is 289 g/mol. The van der Waals surface area contributed by atoms with Gasteiger partial charge in [0.25, 0.3) is 0 Å². The van der Waals surface area contributed by atoms with Gasteiger partial charge in [-0.25, -0.2) is 0 Å². The lowest BCUT2D eigenvalue weighted by Crippen LogP contribution is -2.18. The molecule has 0 N–H and O–H groups in total. The van der Waals surface area contributed by atoms with Crippen LogP contribution in [0.1, 0.15) is 20.3 Å². The van der Waals surface area contributed by atoms with Gasteiger partial charge < -0.3 is 4.74 Å². The van der Waals surface area contributed by atoms with Gasteiger partial charge in [-0.2, -0.15) is 0 Å². The summed E-state index contributed by atoms with van der Waals surface area (Å²) >= 11 is 0. The van der Waals surface area contributed by atoms with Crippen LogP contribution in [0.4, 0.5) is 0 Å². The zero-order valence-electron chi connectivity index (χ0n) is 12.6. The summed E-state index contributed by atoms with van der Waals surface area (Å²) in [5.74, 6) is -0.216. The van der Waals surface area contributed by atoms with E-state index in [2.05, 4.69) is 49.7 Å². The Balaban J connectivity index is 2.37. The van der Waals surface area contributed by atoms with E-state index < -0.39 is 7.26 Å². The van der Waals surface area contributed by atoms with Gasteiger partial charge in [-0.3, -0.25) is 4.79 Å². The van der Waals surface area contributed by atoms with Crippen LogP contribution >= 0.6 is 7.26 Å². The molecule has 1 aliphatic rings. The Morgan fingerprint density at radius 1 is 1.25 bits per heavy atom. The second-order valence-corrected chi connectivity index (χ2v) is 9.46. The Kier molecular flexibility index (Phi) is 4.45. The fourth-order valence-corrected chi connectivity index (χ4v) is 5.35. The number of allylic oxidation sites excluding steroid dienone is 3. The first-order valence-electron chi connectivity index (χ1n) is 6.90. The molecule has 2 rings (SSSR count). The lowest BCUT2D eigenvalue weighted by Gasteiger charge is -2.22. The average molecular weight is 289 g/mol. The predicted octanol–water partition coefficient (Wildman–Crippen LogP) is 3.75. The standard InChI is InChI=1S/C17H22O2P/c1-13(19-14(2)18)16-11-8-12-17(16)20(3,4)15-9-6-5-7-10-15/h5-10,12-13H,11H2,1-4H3/q+1/t13-/m1/s1. The van der Waals surface area contributed by atoms with Crippen molar-refractivity contribution < 1.29 is 9.53 Å². The van der Waals surface area contributed by atoms with Crippen LogP contribution in [-0.2, 0) is 9.53 Å². The molecule has 1 aliphatic carbocycles. The molecule has 0 bridgehead atoms. The summed E-state index contributed by atoms with van der Waals surface area (Å²) in [5.41, 5.74) is 1.25. The van der Waals surface area contributed by atoms with Gasteiger partial charge in [-0.1, -0.05) is 24.3 Å². The van der Waals surface area contributed by atoms with Gasteiger partial charge in [0.2, 0.25) is 0 Å². The maximum absolute atomic E-state index is 11.2. The van der Waals surface area contributed by atoms with E-state index >= 15 is 0 Å². The highest BCUT2D eigenvalue weighted by Crippen LogP contribution is 2.61. The minimum absolute atomic E-state index is 0.138. The first-order valence-corrected chi connectivity index (χ1v) is 9.58. The van der Waals surface area contributed by atoms with Crippen LogP contribution in [0.15, 0.2) is 53.4 Å². The summed E-state index contributed by atoms with van der Waals surface area (Å²) in [6.07, 6.45) is 5.14. The van der Waals surface area contributed by atoms with Crippen molar-refractivity contribution in [2.45, 2.75) is 26.4 Å². The lowest BCUT2D eigenvalue weighted by molar-refractivity contribution is -0.143. The molecule has 3 heteroatoms. The maximum Gasteiger partial charge on any atom is 0.303 e. The van der Waals surface area contributed by atoms with Crippen LogP contribution in [0, 0.1) is 0 Å². The third kappa shape index (κ3) is 3.02. The number of benzene rings is 1. The highest BCUT2D eigenvalue weighted by Gasteiger charge is 2.37. The topological polar surface area (TPSA) is 26.3 Å². The lowest BCUT2D eigenvalue weighted by atomic mass is 10.1. The summed E-state index contributed by atoms with van der Waals surface area (Å²) in [6.45, 7) is 8.09. The maximum atomic E-state index is 11.2. The molecule has 0 saturated heterocycles. The Labute approximate surface area is 121 Å². The fraction of sp³-hybridized carbons (Fsp3) is 0.353. The van der Waals surface area contributed by atoms with Crippen LogP contribution in [0.2, 0.25) is 0 Å². The van der Waals surface area contributed by atoms with Crippen LogP contribution in [0.3, 0.4) is 0 Å². The van der Waals surface area contributed by atoms with E-state index in [9.17, 15) is 4.79 Å². The summed E-state index contributed by atoms with van der Waals surface area (Å²) in [6, 6.07) is 10.6. The van der Waals surface area contributed by atoms with Crippen LogP contribution in [0.25, 0.3) is 0 Å². The Morgan fingerprint density at radius 3 is 2.50 bits per heavy atom. The highest BCUT2D eigenvalue weighted by molar-refractivity contribution is 7.85. The third-order valence-electron chi connectivity index (χ3n) is 3.78. The molecule has 2 nitrogen and oxygen atoms in total. The van der Waals surface area contributed by atoms with Gasteiger partial charge in [0.15, 0.2) is 0 Å². The number of hydrogen-bond acceptors (Lipinski definition) is 2. The number of carbonyl (C=O) groups is 1. The first kappa shape index (κ1) is 15.0. The SMILES string of the molecule is CC(=O)O[C@H](C)C1=C([P+](C)(C)c2ccccc2)C=CC1. The smallest absolute Gasteiger partial charge is 0.303 e. The largest absolute Gasteiger partial charge is 0.458 e. The number of rotatable bonds is 4. The number of hydrogen-bond donors (Lipinski definition) is 0. The number of carbonyl (C=O) groups excluding carboxylic acids is 1. The Hall–Kier alpha value is -1.40. The van der Waals surface area contributed by atoms with E-state index in [1.54, 1.807) is 0 Å². The molecule has 1 aromatic rings. The van der Waals surface area contributed by atoms with Gasteiger partial charge >= 0.3 is 5.97 Å². The normalized spacial score (nSPS) is 16.4. The van der Waals surface area contributed by atoms with Crippen LogP contribution < -0.4 is 5.30 Å². The first-order chi connectivity index (χ1) is 9.43. The molecule has 0 amide bonds. The van der Waals surface area contributed by atoms with Crippen molar-refractivity contribution in [2.75, 3.05) is 13.3 Å². The number of esters is 1. The van der Waals surface area contributed by atoms with Crippen molar-refractivity contribution in [3.63, 3.8) is 0 Å². The molecule has 0 heterocycles. The molecule has 1 aromatic carbocycles. The second-order valence-electron chi connectivity index (χ2n) is 5.56. The van der Waals surface area contributed by atoms with Gasteiger partial charge in [0.1, 0.15) is 11.4 Å². The Bertz CT molecular complexity index is 556. The van der Waals surface area contributed by atoms with Crippen molar-refractivity contribution in [1.82, 2.24) is 0 Å². The summed E-state index contributed by atoms with van der Waals surface area (Å²) in [7, 11) is -1.39. The molecule has 20 heavy (non-hydrogen) atoms. The second kappa shape index (κ2) is 5.93. The third-order valence-corrected chi connectivity index (χ3v) is 7.01. The van der Waals surface area contributed by atoms with Gasteiger partial charge in [0.05, 0.1) is 25.9 Å². The van der Waals surface area contributed by atoms with E-state index in [-0.39, 0.29) is 12.1 Å². The molecular weight excluding hydrogens is 267 g/mol. The summed E-state index contributed by atoms with van der Waals surface area (Å²) in [5, 5.41) is 2.76. The van der Waals surface area contributed by atoms with Crippen molar-refractivity contribution in [3.8, 4) is 0 Å². The minimum Gasteiger partial charge on any atom is -0.458 e. The minimum atomic E-state index is -1.39. The van der Waals surface area contributed by atoms with E-state index in [4.69, 9.17) is 4.74 Å². The quantitative estimate of drug-likeness (QED) is 0.623. The molecule has 0 unspecified atom stereocenters. The molecule has 106 valence electrons. The summed E-state index contributed by atoms with van der Waals surface area (Å²) in [4.78, 5) is 11.2. The molecule has 0 saturated carbocycles. The summed E-state index contributed by atoms with van der Waals surface area (Å²) < 4.78 is 5.38. The van der Waals surface area contributed by atoms with Crippen LogP contribution in [0.5, 0.6) is 0 Å².